The molecule has 0 spiro atoms. The average Bonchev–Trinajstić information content (AvgIpc) is 3.01. The molecule has 4 aromatic rings. The smallest absolute Gasteiger partial charge is 0.339 e. The summed E-state index contributed by atoms with van der Waals surface area (Å²) < 4.78 is 82.3. The van der Waals surface area contributed by atoms with Crippen LogP contribution in [0.15, 0.2) is 89.8 Å². The normalized spacial score (nSPS) is 12.3. The predicted molar refractivity (Wildman–Crippen MR) is 182 cm³/mol. The Kier molecular flexibility index (Phi) is 11.6. The number of carbonyl (C=O) groups excluding carboxylic acids is 1. The van der Waals surface area contributed by atoms with Crippen LogP contribution in [0.5, 0.6) is 5.75 Å². The molecule has 0 aliphatic heterocycles. The van der Waals surface area contributed by atoms with Crippen molar-refractivity contribution in [2.75, 3.05) is 26.5 Å². The summed E-state index contributed by atoms with van der Waals surface area (Å²) in [6.45, 7) is 5.54. The van der Waals surface area contributed by atoms with Crippen LogP contribution in [0, 0.1) is 0 Å². The Balaban J connectivity index is 1.71. The van der Waals surface area contributed by atoms with Gasteiger partial charge in [0.2, 0.25) is 10.0 Å². The van der Waals surface area contributed by atoms with Crippen molar-refractivity contribution in [2.45, 2.75) is 37.5 Å². The molecule has 0 aliphatic rings. The zero-order valence-corrected chi connectivity index (χ0v) is 29.4. The molecule has 0 fully saturated rings. The van der Waals surface area contributed by atoms with Gasteiger partial charge in [-0.15, -0.1) is 0 Å². The first-order valence-electron chi connectivity index (χ1n) is 14.6. The molecule has 4 aromatic carbocycles. The van der Waals surface area contributed by atoms with Gasteiger partial charge in [0.1, 0.15) is 10.6 Å². The number of hydrogen-bond acceptors (Lipinski definition) is 6. The second kappa shape index (κ2) is 14.9. The number of sulfonamides is 1. The quantitative estimate of drug-likeness (QED) is 0.101. The molecule has 0 heterocycles. The Morgan fingerprint density at radius 1 is 0.830 bits per heavy atom. The van der Waals surface area contributed by atoms with E-state index in [-0.39, 0.29) is 52.6 Å². The molecule has 0 N–H and O–H groups in total. The lowest BCUT2D eigenvalue weighted by Crippen LogP contribution is -2.30. The molecule has 0 atom stereocenters. The minimum atomic E-state index is -4.21. The molecule has 0 aromatic heterocycles. The molecule has 0 saturated carbocycles. The topological polar surface area (TPSA) is 90.0 Å². The summed E-state index contributed by atoms with van der Waals surface area (Å²) >= 11 is 12.5. The SMILES string of the molecule is CCOC(=O)c1cc(-c2ccc(CN(Cc3ccc(C(F)(F)P(C)(C)=O)c(Cl)c3)S(=O)(=O)c3ccccc3OCC)cc2)ccc1Cl. The van der Waals surface area contributed by atoms with Crippen LogP contribution in [0.4, 0.5) is 8.78 Å². The molecule has 4 rings (SSSR count). The van der Waals surface area contributed by atoms with Gasteiger partial charge in [-0.25, -0.2) is 13.2 Å². The van der Waals surface area contributed by atoms with Gasteiger partial charge >= 0.3 is 11.6 Å². The highest BCUT2D eigenvalue weighted by atomic mass is 35.5. The number of alkyl halides is 2. The maximum absolute atomic E-state index is 14.9. The van der Waals surface area contributed by atoms with Gasteiger partial charge in [-0.05, 0) is 79.8 Å². The second-order valence-electron chi connectivity index (χ2n) is 11.0. The van der Waals surface area contributed by atoms with E-state index in [0.717, 1.165) is 25.0 Å². The van der Waals surface area contributed by atoms with E-state index in [4.69, 9.17) is 32.7 Å². The van der Waals surface area contributed by atoms with E-state index in [9.17, 15) is 26.6 Å². The van der Waals surface area contributed by atoms with Gasteiger partial charge in [-0.3, -0.25) is 0 Å². The standard InChI is InChI=1S/C34H34Cl2F2NO6PS/c1-5-44-31-9-7-8-10-32(31)47(42,43)39(22-24-13-17-28(30(36)19-24)34(37,38)46(3,4)41)21-23-11-14-25(15-12-23)26-16-18-29(35)27(20-26)33(40)45-6-2/h7-20H,5-6,21-22H2,1-4H3. The molecule has 13 heteroatoms. The Labute approximate surface area is 283 Å². The van der Waals surface area contributed by atoms with Crippen molar-refractivity contribution in [1.82, 2.24) is 4.31 Å². The first-order chi connectivity index (χ1) is 22.1. The average molecular weight is 725 g/mol. The molecular formula is C34H34Cl2F2NO6PS. The monoisotopic (exact) mass is 723 g/mol. The number of rotatable bonds is 13. The van der Waals surface area contributed by atoms with E-state index < -0.39 is 34.4 Å². The molecule has 0 aliphatic carbocycles. The van der Waals surface area contributed by atoms with Crippen molar-refractivity contribution in [3.8, 4) is 16.9 Å². The van der Waals surface area contributed by atoms with Crippen LogP contribution in [0.25, 0.3) is 11.1 Å². The van der Waals surface area contributed by atoms with Crippen LogP contribution in [0.1, 0.15) is 40.9 Å². The number of hydrogen-bond donors (Lipinski definition) is 0. The van der Waals surface area contributed by atoms with Crippen LogP contribution in [0.3, 0.4) is 0 Å². The predicted octanol–water partition coefficient (Wildman–Crippen LogP) is 9.30. The van der Waals surface area contributed by atoms with Crippen molar-refractivity contribution in [1.29, 1.82) is 0 Å². The second-order valence-corrected chi connectivity index (χ2v) is 17.0. The number of para-hydroxylation sites is 1. The Morgan fingerprint density at radius 3 is 2.06 bits per heavy atom. The van der Waals surface area contributed by atoms with Crippen molar-refractivity contribution < 1.29 is 36.0 Å². The number of nitrogens with zero attached hydrogens (tertiary/aromatic N) is 1. The third kappa shape index (κ3) is 8.24. The molecular weight excluding hydrogens is 690 g/mol. The minimum Gasteiger partial charge on any atom is -0.492 e. The highest BCUT2D eigenvalue weighted by Crippen LogP contribution is 2.61. The van der Waals surface area contributed by atoms with Crippen LogP contribution >= 0.6 is 30.3 Å². The van der Waals surface area contributed by atoms with Gasteiger partial charge in [0.05, 0.1) is 28.8 Å². The number of ether oxygens (including phenoxy) is 2. The molecule has 250 valence electrons. The molecule has 0 amide bonds. The first-order valence-corrected chi connectivity index (χ1v) is 19.4. The maximum Gasteiger partial charge on any atom is 0.339 e. The van der Waals surface area contributed by atoms with Gasteiger partial charge in [0, 0.05) is 18.7 Å². The lowest BCUT2D eigenvalue weighted by atomic mass is 10.0. The van der Waals surface area contributed by atoms with Gasteiger partial charge < -0.3 is 14.0 Å². The fourth-order valence-corrected chi connectivity index (χ4v) is 7.68. The number of esters is 1. The van der Waals surface area contributed by atoms with Gasteiger partial charge in [0.15, 0.2) is 7.14 Å². The van der Waals surface area contributed by atoms with E-state index >= 15 is 0 Å². The third-order valence-electron chi connectivity index (χ3n) is 7.27. The fourth-order valence-electron chi connectivity index (χ4n) is 4.77. The Hall–Kier alpha value is -3.27. The molecule has 0 unspecified atom stereocenters. The van der Waals surface area contributed by atoms with Crippen LogP contribution in [0.2, 0.25) is 10.0 Å². The summed E-state index contributed by atoms with van der Waals surface area (Å²) in [6, 6.07) is 22.0. The van der Waals surface area contributed by atoms with E-state index in [0.29, 0.717) is 16.7 Å². The van der Waals surface area contributed by atoms with Gasteiger partial charge in [-0.2, -0.15) is 13.1 Å². The summed E-state index contributed by atoms with van der Waals surface area (Å²) in [5, 5.41) is -0.0646. The molecule has 0 bridgehead atoms. The van der Waals surface area contributed by atoms with Crippen LogP contribution in [-0.4, -0.2) is 45.2 Å². The summed E-state index contributed by atoms with van der Waals surface area (Å²) in [5.74, 6) is -0.371. The summed E-state index contributed by atoms with van der Waals surface area (Å²) in [7, 11) is -8.10. The number of halogens is 4. The zero-order valence-electron chi connectivity index (χ0n) is 26.2. The third-order valence-corrected chi connectivity index (χ3v) is 11.3. The Morgan fingerprint density at radius 2 is 1.45 bits per heavy atom. The van der Waals surface area contributed by atoms with Crippen molar-refractivity contribution in [3.05, 3.63) is 117 Å². The summed E-state index contributed by atoms with van der Waals surface area (Å²) in [4.78, 5) is 12.3. The van der Waals surface area contributed by atoms with Gasteiger partial charge in [-0.1, -0.05) is 77.8 Å². The fraction of sp³-hybridized carbons (Fsp3) is 0.265. The zero-order chi connectivity index (χ0) is 34.6. The van der Waals surface area contributed by atoms with Crippen molar-refractivity contribution >= 4 is 46.3 Å². The van der Waals surface area contributed by atoms with Crippen LogP contribution < -0.4 is 4.74 Å². The van der Waals surface area contributed by atoms with Crippen LogP contribution in [-0.2, 0) is 38.1 Å². The molecule has 0 saturated heterocycles. The number of benzene rings is 4. The lowest BCUT2D eigenvalue weighted by molar-refractivity contribution is 0.0526. The highest BCUT2D eigenvalue weighted by molar-refractivity contribution is 7.89. The first kappa shape index (κ1) is 36.6. The van der Waals surface area contributed by atoms with Crippen molar-refractivity contribution in [2.24, 2.45) is 0 Å². The van der Waals surface area contributed by atoms with E-state index in [1.165, 1.54) is 22.5 Å². The largest absolute Gasteiger partial charge is 0.492 e. The van der Waals surface area contributed by atoms with Gasteiger partial charge in [0.25, 0.3) is 0 Å². The lowest BCUT2D eigenvalue weighted by Gasteiger charge is -2.25. The summed E-state index contributed by atoms with van der Waals surface area (Å²) in [6.07, 6.45) is 0. The minimum absolute atomic E-state index is 0.0571. The molecule has 7 nitrogen and oxygen atoms in total. The van der Waals surface area contributed by atoms with E-state index in [1.54, 1.807) is 74.5 Å². The molecule has 47 heavy (non-hydrogen) atoms. The maximum atomic E-state index is 14.9. The number of carbonyl (C=O) groups is 1. The highest BCUT2D eigenvalue weighted by Gasteiger charge is 2.46. The Bertz CT molecular complexity index is 1920. The van der Waals surface area contributed by atoms with Crippen molar-refractivity contribution in [3.63, 3.8) is 0 Å². The summed E-state index contributed by atoms with van der Waals surface area (Å²) in [5.41, 5.74) is -1.60. The molecule has 0 radical (unpaired) electrons. The van der Waals surface area contributed by atoms with E-state index in [1.807, 2.05) is 0 Å². The van der Waals surface area contributed by atoms with E-state index in [2.05, 4.69) is 0 Å².